The van der Waals surface area contributed by atoms with Gasteiger partial charge in [0.25, 0.3) is 0 Å². The van der Waals surface area contributed by atoms with Gasteiger partial charge in [-0.05, 0) is 13.8 Å². The van der Waals surface area contributed by atoms with E-state index >= 15 is 0 Å². The molecule has 0 N–H and O–H groups in total. The molecule has 0 radical (unpaired) electrons. The number of esters is 1. The number of aryl methyl sites for hydroxylation is 1. The Morgan fingerprint density at radius 2 is 2.44 bits per heavy atom. The van der Waals surface area contributed by atoms with Crippen molar-refractivity contribution in [3.8, 4) is 6.01 Å². The van der Waals surface area contributed by atoms with Gasteiger partial charge in [-0.2, -0.15) is 4.98 Å². The highest BCUT2D eigenvalue weighted by Gasteiger charge is 2.13. The number of aromatic nitrogens is 3. The molecule has 2 aromatic rings. The van der Waals surface area contributed by atoms with Crippen LogP contribution in [-0.4, -0.2) is 27.1 Å². The largest absolute Gasteiger partial charge is 0.461 e. The number of nitrogens with zero attached hydrogens (tertiary/aromatic N) is 3. The Bertz CT molecular complexity index is 501. The maximum absolute atomic E-state index is 11.3. The molecule has 2 heterocycles. The molecule has 6 heteroatoms. The van der Waals surface area contributed by atoms with E-state index in [0.717, 1.165) is 5.69 Å². The molecule has 0 saturated heterocycles. The second kappa shape index (κ2) is 4.18. The molecule has 0 aliphatic heterocycles. The summed E-state index contributed by atoms with van der Waals surface area (Å²) in [5, 5.41) is 0. The van der Waals surface area contributed by atoms with Crippen molar-refractivity contribution in [1.29, 1.82) is 0 Å². The summed E-state index contributed by atoms with van der Waals surface area (Å²) in [6.45, 7) is 3.90. The average molecular weight is 221 g/mol. The van der Waals surface area contributed by atoms with Crippen LogP contribution >= 0.6 is 0 Å². The first-order valence-corrected chi connectivity index (χ1v) is 4.84. The van der Waals surface area contributed by atoms with Crippen molar-refractivity contribution in [2.24, 2.45) is 0 Å². The first kappa shape index (κ1) is 10.4. The predicted octanol–water partition coefficient (Wildman–Crippen LogP) is 1.35. The van der Waals surface area contributed by atoms with Crippen molar-refractivity contribution in [1.82, 2.24) is 14.5 Å². The van der Waals surface area contributed by atoms with Gasteiger partial charge in [0, 0.05) is 6.20 Å². The van der Waals surface area contributed by atoms with Gasteiger partial charge in [-0.15, -0.1) is 0 Å². The van der Waals surface area contributed by atoms with Gasteiger partial charge in [-0.3, -0.25) is 4.57 Å². The quantitative estimate of drug-likeness (QED) is 0.731. The smallest absolute Gasteiger partial charge is 0.360 e. The molecule has 2 aromatic heterocycles. The molecule has 6 nitrogen and oxygen atoms in total. The Morgan fingerprint density at radius 1 is 1.62 bits per heavy atom. The van der Waals surface area contributed by atoms with Crippen molar-refractivity contribution in [3.63, 3.8) is 0 Å². The van der Waals surface area contributed by atoms with Crippen LogP contribution in [0.3, 0.4) is 0 Å². The summed E-state index contributed by atoms with van der Waals surface area (Å²) in [4.78, 5) is 19.3. The Morgan fingerprint density at radius 3 is 3.06 bits per heavy atom. The maximum Gasteiger partial charge on any atom is 0.360 e. The first-order chi connectivity index (χ1) is 7.70. The summed E-state index contributed by atoms with van der Waals surface area (Å²) in [6, 6.07) is 0.295. The minimum Gasteiger partial charge on any atom is -0.461 e. The summed E-state index contributed by atoms with van der Waals surface area (Å²) < 4.78 is 11.5. The summed E-state index contributed by atoms with van der Waals surface area (Å²) in [5.74, 6) is -0.491. The van der Waals surface area contributed by atoms with Gasteiger partial charge in [0.1, 0.15) is 12.6 Å². The van der Waals surface area contributed by atoms with E-state index in [2.05, 4.69) is 9.97 Å². The van der Waals surface area contributed by atoms with Gasteiger partial charge in [-0.25, -0.2) is 9.78 Å². The molecule has 0 aliphatic carbocycles. The molecule has 0 fully saturated rings. The first-order valence-electron chi connectivity index (χ1n) is 4.84. The van der Waals surface area contributed by atoms with Gasteiger partial charge in [0.15, 0.2) is 5.69 Å². The fraction of sp³-hybridized carbons (Fsp3) is 0.300. The SMILES string of the molecule is CCOC(=O)c1coc(-n2cnc(C)c2)n1. The lowest BCUT2D eigenvalue weighted by Crippen LogP contribution is -2.05. The second-order valence-electron chi connectivity index (χ2n) is 3.16. The van der Waals surface area contributed by atoms with E-state index < -0.39 is 5.97 Å². The topological polar surface area (TPSA) is 70.2 Å². The highest BCUT2D eigenvalue weighted by molar-refractivity contribution is 5.86. The fourth-order valence-corrected chi connectivity index (χ4v) is 1.21. The van der Waals surface area contributed by atoms with Crippen LogP contribution in [0.1, 0.15) is 23.1 Å². The van der Waals surface area contributed by atoms with Gasteiger partial charge in [0.05, 0.1) is 12.3 Å². The molecule has 84 valence electrons. The Kier molecular flexibility index (Phi) is 2.72. The van der Waals surface area contributed by atoms with E-state index in [1.54, 1.807) is 24.0 Å². The Hall–Kier alpha value is -2.11. The Labute approximate surface area is 91.9 Å². The Balaban J connectivity index is 2.22. The zero-order valence-corrected chi connectivity index (χ0v) is 9.01. The third-order valence-corrected chi connectivity index (χ3v) is 1.91. The zero-order chi connectivity index (χ0) is 11.5. The van der Waals surface area contributed by atoms with Crippen LogP contribution in [0.4, 0.5) is 0 Å². The molecule has 0 aliphatic rings. The number of carbonyl (C=O) groups excluding carboxylic acids is 1. The number of rotatable bonds is 3. The third kappa shape index (κ3) is 1.95. The van der Waals surface area contributed by atoms with E-state index in [1.165, 1.54) is 6.26 Å². The average Bonchev–Trinajstić information content (AvgIpc) is 2.85. The van der Waals surface area contributed by atoms with Crippen molar-refractivity contribution < 1.29 is 13.9 Å². The zero-order valence-electron chi connectivity index (χ0n) is 9.01. The van der Waals surface area contributed by atoms with Crippen molar-refractivity contribution in [2.75, 3.05) is 6.61 Å². The summed E-state index contributed by atoms with van der Waals surface area (Å²) in [5.41, 5.74) is 0.999. The lowest BCUT2D eigenvalue weighted by molar-refractivity contribution is 0.0519. The number of ether oxygens (including phenoxy) is 1. The van der Waals surface area contributed by atoms with Crippen LogP contribution in [0.15, 0.2) is 23.2 Å². The number of hydrogen-bond donors (Lipinski definition) is 0. The molecule has 0 amide bonds. The molecular formula is C10H11N3O3. The minimum atomic E-state index is -0.491. The van der Waals surface area contributed by atoms with Crippen LogP contribution in [0, 0.1) is 6.92 Å². The molecule has 0 unspecified atom stereocenters. The van der Waals surface area contributed by atoms with Gasteiger partial charge in [-0.1, -0.05) is 0 Å². The van der Waals surface area contributed by atoms with E-state index in [1.807, 2.05) is 6.92 Å². The summed E-state index contributed by atoms with van der Waals surface area (Å²) in [6.07, 6.45) is 4.58. The number of hydrogen-bond acceptors (Lipinski definition) is 5. The molecule has 0 bridgehead atoms. The monoisotopic (exact) mass is 221 g/mol. The molecule has 2 rings (SSSR count). The summed E-state index contributed by atoms with van der Waals surface area (Å²) in [7, 11) is 0. The van der Waals surface area contributed by atoms with Crippen LogP contribution in [0.25, 0.3) is 6.01 Å². The van der Waals surface area contributed by atoms with Crippen LogP contribution in [-0.2, 0) is 4.74 Å². The second-order valence-corrected chi connectivity index (χ2v) is 3.16. The van der Waals surface area contributed by atoms with Gasteiger partial charge < -0.3 is 9.15 Å². The fourth-order valence-electron chi connectivity index (χ4n) is 1.21. The number of carbonyl (C=O) groups is 1. The highest BCUT2D eigenvalue weighted by atomic mass is 16.5. The van der Waals surface area contributed by atoms with Crippen LogP contribution in [0.2, 0.25) is 0 Å². The third-order valence-electron chi connectivity index (χ3n) is 1.91. The van der Waals surface area contributed by atoms with Gasteiger partial charge in [0.2, 0.25) is 0 Å². The molecule has 16 heavy (non-hydrogen) atoms. The summed E-state index contributed by atoms with van der Waals surface area (Å²) >= 11 is 0. The number of imidazole rings is 1. The van der Waals surface area contributed by atoms with Crippen LogP contribution < -0.4 is 0 Å². The predicted molar refractivity (Wildman–Crippen MR) is 54.3 cm³/mol. The maximum atomic E-state index is 11.3. The molecular weight excluding hydrogens is 210 g/mol. The normalized spacial score (nSPS) is 10.4. The molecule has 0 spiro atoms. The lowest BCUT2D eigenvalue weighted by atomic mass is 10.5. The standard InChI is InChI=1S/C10H11N3O3/c1-3-15-9(14)8-5-16-10(12-8)13-4-7(2)11-6-13/h4-6H,3H2,1-2H3. The van der Waals surface area contributed by atoms with Crippen molar-refractivity contribution in [3.05, 3.63) is 30.2 Å². The molecule has 0 aromatic carbocycles. The van der Waals surface area contributed by atoms with Crippen molar-refractivity contribution in [2.45, 2.75) is 13.8 Å². The highest BCUT2D eigenvalue weighted by Crippen LogP contribution is 2.09. The lowest BCUT2D eigenvalue weighted by Gasteiger charge is -1.95. The van der Waals surface area contributed by atoms with Crippen LogP contribution in [0.5, 0.6) is 0 Å². The van der Waals surface area contributed by atoms with E-state index in [0.29, 0.717) is 12.6 Å². The van der Waals surface area contributed by atoms with Gasteiger partial charge >= 0.3 is 12.0 Å². The molecule has 0 saturated carbocycles. The van der Waals surface area contributed by atoms with E-state index in [4.69, 9.17) is 9.15 Å². The minimum absolute atomic E-state index is 0.156. The van der Waals surface area contributed by atoms with Crippen molar-refractivity contribution >= 4 is 5.97 Å². The van der Waals surface area contributed by atoms with E-state index in [9.17, 15) is 4.79 Å². The number of oxazole rings is 1. The molecule has 0 atom stereocenters. The van der Waals surface area contributed by atoms with E-state index in [-0.39, 0.29) is 5.69 Å².